The van der Waals surface area contributed by atoms with Gasteiger partial charge < -0.3 is 5.32 Å². The van der Waals surface area contributed by atoms with E-state index in [-0.39, 0.29) is 12.5 Å². The molecule has 136 valence electrons. The summed E-state index contributed by atoms with van der Waals surface area (Å²) in [4.78, 5) is 12.4. The van der Waals surface area contributed by atoms with Crippen LogP contribution in [0.15, 0.2) is 67.0 Å². The smallest absolute Gasteiger partial charge is 0.290 e. The van der Waals surface area contributed by atoms with Crippen LogP contribution in [0.5, 0.6) is 0 Å². The number of hydrogen-bond acceptors (Lipinski definition) is 1. The van der Waals surface area contributed by atoms with Gasteiger partial charge in [-0.1, -0.05) is 60.2 Å². The average Bonchev–Trinajstić information content (AvgIpc) is 2.65. The first-order valence-corrected chi connectivity index (χ1v) is 9.11. The fourth-order valence-electron chi connectivity index (χ4n) is 3.16. The van der Waals surface area contributed by atoms with Crippen molar-refractivity contribution in [2.45, 2.75) is 27.3 Å². The van der Waals surface area contributed by atoms with Crippen molar-refractivity contribution in [3.8, 4) is 0 Å². The maximum absolute atomic E-state index is 12.4. The molecular formula is C24H25N2O+. The quantitative estimate of drug-likeness (QED) is 0.659. The number of anilines is 1. The van der Waals surface area contributed by atoms with Gasteiger partial charge in [0.15, 0.2) is 12.4 Å². The standard InChI is InChI=1S/C24H24N2O/c1-18-15-19(2)24(20(3)16-18)25-23(27)17-26-13-11-22(12-14-26)10-9-21-7-5-4-6-8-21/h4-16H,17H2,1-3H3/p+1. The van der Waals surface area contributed by atoms with E-state index in [9.17, 15) is 4.79 Å². The van der Waals surface area contributed by atoms with Crippen molar-refractivity contribution in [3.63, 3.8) is 0 Å². The lowest BCUT2D eigenvalue weighted by atomic mass is 10.1. The molecule has 1 N–H and O–H groups in total. The monoisotopic (exact) mass is 357 g/mol. The summed E-state index contributed by atoms with van der Waals surface area (Å²) in [5.74, 6) is -0.0253. The van der Waals surface area contributed by atoms with Gasteiger partial charge in [0.25, 0.3) is 5.91 Å². The molecular weight excluding hydrogens is 332 g/mol. The van der Waals surface area contributed by atoms with Crippen LogP contribution in [-0.4, -0.2) is 5.91 Å². The molecule has 3 heteroatoms. The highest BCUT2D eigenvalue weighted by molar-refractivity contribution is 5.91. The van der Waals surface area contributed by atoms with Crippen LogP contribution in [-0.2, 0) is 11.3 Å². The molecule has 1 amide bonds. The van der Waals surface area contributed by atoms with Crippen molar-refractivity contribution in [1.82, 2.24) is 0 Å². The SMILES string of the molecule is Cc1cc(C)c(NC(=O)C[n+]2ccc(C=Cc3ccccc3)cc2)c(C)c1. The molecule has 0 unspecified atom stereocenters. The van der Waals surface area contributed by atoms with E-state index in [1.807, 2.05) is 61.1 Å². The zero-order valence-corrected chi connectivity index (χ0v) is 16.1. The molecule has 0 aliphatic carbocycles. The molecule has 0 aliphatic heterocycles. The Balaban J connectivity index is 1.63. The average molecular weight is 357 g/mol. The van der Waals surface area contributed by atoms with Crippen molar-refractivity contribution < 1.29 is 9.36 Å². The minimum absolute atomic E-state index is 0.0253. The summed E-state index contributed by atoms with van der Waals surface area (Å²) in [7, 11) is 0. The minimum Gasteiger partial charge on any atom is -0.320 e. The number of nitrogens with zero attached hydrogens (tertiary/aromatic N) is 1. The van der Waals surface area contributed by atoms with E-state index in [0.29, 0.717) is 0 Å². The highest BCUT2D eigenvalue weighted by atomic mass is 16.1. The van der Waals surface area contributed by atoms with Crippen molar-refractivity contribution in [2.75, 3.05) is 5.32 Å². The second-order valence-corrected chi connectivity index (χ2v) is 6.87. The number of aromatic nitrogens is 1. The molecule has 1 aromatic heterocycles. The lowest BCUT2D eigenvalue weighted by Crippen LogP contribution is -2.39. The molecule has 2 aromatic carbocycles. The highest BCUT2D eigenvalue weighted by Gasteiger charge is 2.12. The lowest BCUT2D eigenvalue weighted by molar-refractivity contribution is -0.684. The predicted octanol–water partition coefficient (Wildman–Crippen LogP) is 4.71. The summed E-state index contributed by atoms with van der Waals surface area (Å²) >= 11 is 0. The van der Waals surface area contributed by atoms with Gasteiger partial charge in [-0.25, -0.2) is 0 Å². The zero-order chi connectivity index (χ0) is 19.2. The largest absolute Gasteiger partial charge is 0.320 e. The molecule has 0 bridgehead atoms. The lowest BCUT2D eigenvalue weighted by Gasteiger charge is -2.11. The minimum atomic E-state index is -0.0253. The number of carbonyl (C=O) groups excluding carboxylic acids is 1. The van der Waals surface area contributed by atoms with Crippen LogP contribution in [0.4, 0.5) is 5.69 Å². The molecule has 0 atom stereocenters. The van der Waals surface area contributed by atoms with Crippen LogP contribution in [0.2, 0.25) is 0 Å². The topological polar surface area (TPSA) is 33.0 Å². The molecule has 0 radical (unpaired) electrons. The summed E-state index contributed by atoms with van der Waals surface area (Å²) < 4.78 is 1.88. The van der Waals surface area contributed by atoms with Crippen molar-refractivity contribution in [1.29, 1.82) is 0 Å². The third kappa shape index (κ3) is 5.14. The Morgan fingerprint density at radius 2 is 1.44 bits per heavy atom. The predicted molar refractivity (Wildman–Crippen MR) is 111 cm³/mol. The molecule has 0 aliphatic rings. The molecule has 0 saturated carbocycles. The Labute approximate surface area is 161 Å². The fraction of sp³-hybridized carbons (Fsp3) is 0.167. The van der Waals surface area contributed by atoms with Gasteiger partial charge in [-0.15, -0.1) is 0 Å². The first kappa shape index (κ1) is 18.6. The van der Waals surface area contributed by atoms with Gasteiger partial charge in [0.1, 0.15) is 0 Å². The Hall–Kier alpha value is -3.20. The second-order valence-electron chi connectivity index (χ2n) is 6.87. The van der Waals surface area contributed by atoms with Gasteiger partial charge in [-0.3, -0.25) is 4.79 Å². The van der Waals surface area contributed by atoms with Gasteiger partial charge in [0, 0.05) is 17.8 Å². The summed E-state index contributed by atoms with van der Waals surface area (Å²) in [6, 6.07) is 18.4. The van der Waals surface area contributed by atoms with E-state index in [1.165, 1.54) is 5.56 Å². The highest BCUT2D eigenvalue weighted by Crippen LogP contribution is 2.21. The number of pyridine rings is 1. The van der Waals surface area contributed by atoms with Crippen LogP contribution in [0.25, 0.3) is 12.2 Å². The number of hydrogen-bond donors (Lipinski definition) is 1. The summed E-state index contributed by atoms with van der Waals surface area (Å²) in [5.41, 5.74) is 6.56. The maximum Gasteiger partial charge on any atom is 0.290 e. The summed E-state index contributed by atoms with van der Waals surface area (Å²) in [5, 5.41) is 3.04. The number of aryl methyl sites for hydroxylation is 3. The van der Waals surface area contributed by atoms with E-state index in [0.717, 1.165) is 27.9 Å². The molecule has 0 spiro atoms. The van der Waals surface area contributed by atoms with Crippen molar-refractivity contribution in [3.05, 3.63) is 94.8 Å². The molecule has 3 aromatic rings. The number of benzene rings is 2. The molecule has 3 rings (SSSR count). The Kier molecular flexibility index (Phi) is 5.82. The first-order chi connectivity index (χ1) is 13.0. The molecule has 27 heavy (non-hydrogen) atoms. The summed E-state index contributed by atoms with van der Waals surface area (Å²) in [6.07, 6.45) is 8.01. The van der Waals surface area contributed by atoms with E-state index >= 15 is 0 Å². The van der Waals surface area contributed by atoms with E-state index < -0.39 is 0 Å². The van der Waals surface area contributed by atoms with Gasteiger partial charge in [-0.05, 0) is 43.0 Å². The van der Waals surface area contributed by atoms with E-state index in [1.54, 1.807) is 0 Å². The normalized spacial score (nSPS) is 10.9. The van der Waals surface area contributed by atoms with Crippen molar-refractivity contribution >= 4 is 23.7 Å². The number of carbonyl (C=O) groups is 1. The second kappa shape index (κ2) is 8.45. The third-order valence-corrected chi connectivity index (χ3v) is 4.45. The number of amides is 1. The zero-order valence-electron chi connectivity index (χ0n) is 16.1. The number of nitrogens with one attached hydrogen (secondary N) is 1. The van der Waals surface area contributed by atoms with E-state index in [2.05, 4.69) is 48.7 Å². The van der Waals surface area contributed by atoms with E-state index in [4.69, 9.17) is 0 Å². The third-order valence-electron chi connectivity index (χ3n) is 4.45. The molecule has 0 fully saturated rings. The Morgan fingerprint density at radius 1 is 0.889 bits per heavy atom. The van der Waals surface area contributed by atoms with Crippen LogP contribution in [0.3, 0.4) is 0 Å². The van der Waals surface area contributed by atoms with Gasteiger partial charge in [0.05, 0.1) is 0 Å². The van der Waals surface area contributed by atoms with Gasteiger partial charge in [0.2, 0.25) is 6.54 Å². The Morgan fingerprint density at radius 3 is 2.04 bits per heavy atom. The summed E-state index contributed by atoms with van der Waals surface area (Å²) in [6.45, 7) is 6.40. The Bertz CT molecular complexity index is 934. The van der Waals surface area contributed by atoms with Gasteiger partial charge >= 0.3 is 0 Å². The van der Waals surface area contributed by atoms with Crippen LogP contribution >= 0.6 is 0 Å². The van der Waals surface area contributed by atoms with Crippen LogP contribution < -0.4 is 9.88 Å². The maximum atomic E-state index is 12.4. The number of rotatable bonds is 5. The molecule has 1 heterocycles. The molecule has 3 nitrogen and oxygen atoms in total. The fourth-order valence-corrected chi connectivity index (χ4v) is 3.16. The molecule has 0 saturated heterocycles. The first-order valence-electron chi connectivity index (χ1n) is 9.11. The van der Waals surface area contributed by atoms with Gasteiger partial charge in [-0.2, -0.15) is 4.57 Å². The van der Waals surface area contributed by atoms with Crippen LogP contribution in [0, 0.1) is 20.8 Å². The van der Waals surface area contributed by atoms with Crippen molar-refractivity contribution in [2.24, 2.45) is 0 Å². The van der Waals surface area contributed by atoms with Crippen LogP contribution in [0.1, 0.15) is 27.8 Å².